The van der Waals surface area contributed by atoms with Gasteiger partial charge in [-0.1, -0.05) is 20.8 Å². The molecule has 0 aliphatic heterocycles. The van der Waals surface area contributed by atoms with Crippen molar-refractivity contribution < 1.29 is 9.53 Å². The zero-order valence-corrected chi connectivity index (χ0v) is 7.89. The van der Waals surface area contributed by atoms with Crippen molar-refractivity contribution in [2.75, 3.05) is 6.61 Å². The number of Topliss-reactive ketones (excluding diaryl/α,β-unsaturated/α-hetero) is 1. The van der Waals surface area contributed by atoms with E-state index in [2.05, 4.69) is 0 Å². The van der Waals surface area contributed by atoms with Crippen LogP contribution in [-0.2, 0) is 9.53 Å². The Morgan fingerprint density at radius 3 is 2.18 bits per heavy atom. The van der Waals surface area contributed by atoms with Crippen LogP contribution in [0.25, 0.3) is 0 Å². The Kier molecular flexibility index (Phi) is 5.12. The minimum absolute atomic E-state index is 0.190. The third kappa shape index (κ3) is 3.51. The summed E-state index contributed by atoms with van der Waals surface area (Å²) in [5.41, 5.74) is 0. The summed E-state index contributed by atoms with van der Waals surface area (Å²) in [6.45, 7) is 8.42. The molecule has 0 saturated heterocycles. The van der Waals surface area contributed by atoms with Gasteiger partial charge in [-0.05, 0) is 12.8 Å². The van der Waals surface area contributed by atoms with Gasteiger partial charge in [0.1, 0.15) is 6.10 Å². The zero-order valence-electron chi connectivity index (χ0n) is 7.89. The van der Waals surface area contributed by atoms with Crippen LogP contribution in [0.1, 0.15) is 34.1 Å². The fraction of sp³-hybridized carbons (Fsp3) is 0.889. The molecule has 2 heteroatoms. The Bertz CT molecular complexity index is 119. The van der Waals surface area contributed by atoms with Crippen LogP contribution in [0.15, 0.2) is 0 Å². The van der Waals surface area contributed by atoms with Crippen molar-refractivity contribution in [1.82, 2.24) is 0 Å². The number of carbonyl (C=O) groups is 1. The van der Waals surface area contributed by atoms with E-state index in [0.717, 1.165) is 0 Å². The maximum absolute atomic E-state index is 11.2. The van der Waals surface area contributed by atoms with Gasteiger partial charge in [0.15, 0.2) is 5.78 Å². The van der Waals surface area contributed by atoms with Gasteiger partial charge in [-0.3, -0.25) is 4.79 Å². The first-order chi connectivity index (χ1) is 5.13. The lowest BCUT2D eigenvalue weighted by Crippen LogP contribution is -2.29. The topological polar surface area (TPSA) is 26.3 Å². The largest absolute Gasteiger partial charge is 0.370 e. The normalized spacial score (nSPS) is 13.5. The van der Waals surface area contributed by atoms with Crippen molar-refractivity contribution in [3.05, 3.63) is 0 Å². The molecule has 11 heavy (non-hydrogen) atoms. The third-order valence-electron chi connectivity index (χ3n) is 1.62. The second-order valence-electron chi connectivity index (χ2n) is 2.94. The van der Waals surface area contributed by atoms with E-state index in [1.807, 2.05) is 27.7 Å². The molecule has 0 aromatic rings. The lowest BCUT2D eigenvalue weighted by atomic mass is 10.0. The Balaban J connectivity index is 3.98. The second-order valence-corrected chi connectivity index (χ2v) is 2.94. The van der Waals surface area contributed by atoms with Gasteiger partial charge in [-0.2, -0.15) is 0 Å². The maximum Gasteiger partial charge on any atom is 0.161 e. The van der Waals surface area contributed by atoms with E-state index >= 15 is 0 Å². The van der Waals surface area contributed by atoms with E-state index < -0.39 is 0 Å². The van der Waals surface area contributed by atoms with Crippen molar-refractivity contribution in [2.24, 2.45) is 5.92 Å². The highest BCUT2D eigenvalue weighted by Gasteiger charge is 2.19. The Morgan fingerprint density at radius 2 is 1.91 bits per heavy atom. The van der Waals surface area contributed by atoms with E-state index in [4.69, 9.17) is 4.74 Å². The SMILES string of the molecule is CCOC(C(=O)CC)C(C)C. The summed E-state index contributed by atoms with van der Waals surface area (Å²) in [5, 5.41) is 0. The summed E-state index contributed by atoms with van der Waals surface area (Å²) in [7, 11) is 0. The number of hydrogen-bond donors (Lipinski definition) is 0. The van der Waals surface area contributed by atoms with Gasteiger partial charge in [0.25, 0.3) is 0 Å². The fourth-order valence-corrected chi connectivity index (χ4v) is 1.04. The summed E-state index contributed by atoms with van der Waals surface area (Å²) in [6.07, 6.45) is 0.382. The molecule has 0 fully saturated rings. The van der Waals surface area contributed by atoms with E-state index in [1.54, 1.807) is 0 Å². The monoisotopic (exact) mass is 158 g/mol. The number of carbonyl (C=O) groups excluding carboxylic acids is 1. The van der Waals surface area contributed by atoms with E-state index in [-0.39, 0.29) is 11.9 Å². The quantitative estimate of drug-likeness (QED) is 0.612. The number of ether oxygens (including phenoxy) is 1. The molecule has 0 rings (SSSR count). The molecule has 1 atom stereocenters. The molecule has 0 amide bonds. The summed E-state index contributed by atoms with van der Waals surface area (Å²) in [5.74, 6) is 0.504. The van der Waals surface area contributed by atoms with Gasteiger partial charge in [0, 0.05) is 13.0 Å². The number of hydrogen-bond acceptors (Lipinski definition) is 2. The summed E-state index contributed by atoms with van der Waals surface area (Å²) in [4.78, 5) is 11.2. The molecule has 0 N–H and O–H groups in total. The van der Waals surface area contributed by atoms with E-state index in [1.165, 1.54) is 0 Å². The molecule has 0 saturated carbocycles. The van der Waals surface area contributed by atoms with Gasteiger partial charge in [0.2, 0.25) is 0 Å². The minimum atomic E-state index is -0.190. The molecule has 2 nitrogen and oxygen atoms in total. The molecule has 66 valence electrons. The van der Waals surface area contributed by atoms with Gasteiger partial charge in [-0.15, -0.1) is 0 Å². The standard InChI is InChI=1S/C9H18O2/c1-5-8(10)9(7(3)4)11-6-2/h7,9H,5-6H2,1-4H3. The Morgan fingerprint density at radius 1 is 1.36 bits per heavy atom. The molecule has 0 aliphatic rings. The lowest BCUT2D eigenvalue weighted by Gasteiger charge is -2.18. The number of rotatable bonds is 5. The van der Waals surface area contributed by atoms with Crippen LogP contribution in [0.3, 0.4) is 0 Å². The highest BCUT2D eigenvalue weighted by molar-refractivity contribution is 5.82. The highest BCUT2D eigenvalue weighted by Crippen LogP contribution is 2.09. The molecule has 1 unspecified atom stereocenters. The maximum atomic E-state index is 11.2. The predicted molar refractivity (Wildman–Crippen MR) is 45.6 cm³/mol. The van der Waals surface area contributed by atoms with Crippen molar-refractivity contribution in [3.8, 4) is 0 Å². The van der Waals surface area contributed by atoms with Crippen LogP contribution in [0.5, 0.6) is 0 Å². The minimum Gasteiger partial charge on any atom is -0.370 e. The molecule has 0 aromatic carbocycles. The first-order valence-electron chi connectivity index (χ1n) is 4.27. The predicted octanol–water partition coefficient (Wildman–Crippen LogP) is 2.03. The molecular weight excluding hydrogens is 140 g/mol. The van der Waals surface area contributed by atoms with Crippen LogP contribution in [0.2, 0.25) is 0 Å². The first-order valence-corrected chi connectivity index (χ1v) is 4.27. The highest BCUT2D eigenvalue weighted by atomic mass is 16.5. The zero-order chi connectivity index (χ0) is 8.85. The Hall–Kier alpha value is -0.370. The molecule has 0 spiro atoms. The van der Waals surface area contributed by atoms with Crippen LogP contribution in [-0.4, -0.2) is 18.5 Å². The van der Waals surface area contributed by atoms with Crippen LogP contribution >= 0.6 is 0 Å². The van der Waals surface area contributed by atoms with E-state index in [0.29, 0.717) is 18.9 Å². The number of ketones is 1. The first kappa shape index (κ1) is 10.6. The molecular formula is C9H18O2. The van der Waals surface area contributed by atoms with Crippen molar-refractivity contribution >= 4 is 5.78 Å². The van der Waals surface area contributed by atoms with Gasteiger partial charge < -0.3 is 4.74 Å². The summed E-state index contributed by atoms with van der Waals surface area (Å²) >= 11 is 0. The van der Waals surface area contributed by atoms with Crippen LogP contribution in [0.4, 0.5) is 0 Å². The van der Waals surface area contributed by atoms with Crippen LogP contribution < -0.4 is 0 Å². The molecule has 0 aliphatic carbocycles. The molecule has 0 aromatic heterocycles. The molecule has 0 heterocycles. The van der Waals surface area contributed by atoms with E-state index in [9.17, 15) is 4.79 Å². The third-order valence-corrected chi connectivity index (χ3v) is 1.62. The average molecular weight is 158 g/mol. The smallest absolute Gasteiger partial charge is 0.161 e. The van der Waals surface area contributed by atoms with Gasteiger partial charge in [-0.25, -0.2) is 0 Å². The molecule has 0 bridgehead atoms. The average Bonchev–Trinajstić information content (AvgIpc) is 1.98. The van der Waals surface area contributed by atoms with Crippen LogP contribution in [0, 0.1) is 5.92 Å². The summed E-state index contributed by atoms with van der Waals surface area (Å²) < 4.78 is 5.31. The second kappa shape index (κ2) is 5.30. The fourth-order valence-electron chi connectivity index (χ4n) is 1.04. The summed E-state index contributed by atoms with van der Waals surface area (Å²) in [6, 6.07) is 0. The molecule has 0 radical (unpaired) electrons. The Labute approximate surface area is 68.9 Å². The van der Waals surface area contributed by atoms with Crippen molar-refractivity contribution in [3.63, 3.8) is 0 Å². The van der Waals surface area contributed by atoms with Gasteiger partial charge in [0.05, 0.1) is 0 Å². The lowest BCUT2D eigenvalue weighted by molar-refractivity contribution is -0.132. The van der Waals surface area contributed by atoms with Crippen molar-refractivity contribution in [2.45, 2.75) is 40.2 Å². The van der Waals surface area contributed by atoms with Crippen molar-refractivity contribution in [1.29, 1.82) is 0 Å². The van der Waals surface area contributed by atoms with Gasteiger partial charge >= 0.3 is 0 Å².